The van der Waals surface area contributed by atoms with Crippen molar-refractivity contribution in [2.45, 2.75) is 26.3 Å². The van der Waals surface area contributed by atoms with Crippen molar-refractivity contribution in [3.05, 3.63) is 0 Å². The monoisotopic (exact) mass is 181 g/mol. The summed E-state index contributed by atoms with van der Waals surface area (Å²) in [6.45, 7) is 6.24. The van der Waals surface area contributed by atoms with Gasteiger partial charge in [0.1, 0.15) is 0 Å². The predicted octanol–water partition coefficient (Wildman–Crippen LogP) is 0.805. The van der Waals surface area contributed by atoms with E-state index in [0.29, 0.717) is 6.04 Å². The molecule has 0 aromatic rings. The molecule has 3 heteroatoms. The van der Waals surface area contributed by atoms with E-state index >= 15 is 0 Å². The Morgan fingerprint density at radius 3 is 2.77 bits per heavy atom. The molecule has 1 aliphatic heterocycles. The van der Waals surface area contributed by atoms with E-state index in [4.69, 9.17) is 5.11 Å². The van der Waals surface area contributed by atoms with E-state index in [9.17, 15) is 4.79 Å². The van der Waals surface area contributed by atoms with Crippen LogP contribution < -0.4 is 0 Å². The van der Waals surface area contributed by atoms with Gasteiger partial charge in [-0.2, -0.15) is 0 Å². The molecular formula is C10H15NO2. The Morgan fingerprint density at radius 2 is 2.31 bits per heavy atom. The fourth-order valence-corrected chi connectivity index (χ4v) is 1.54. The number of hydrogen-bond acceptors (Lipinski definition) is 2. The largest absolute Gasteiger partial charge is 0.472 e. The first-order chi connectivity index (χ1) is 6.09. The van der Waals surface area contributed by atoms with Crippen LogP contribution in [-0.2, 0) is 4.79 Å². The summed E-state index contributed by atoms with van der Waals surface area (Å²) in [5.74, 6) is 4.19. The molecule has 72 valence electrons. The molecule has 1 saturated heterocycles. The lowest BCUT2D eigenvalue weighted by Gasteiger charge is -2.18. The number of likely N-dealkylation sites (tertiary alicyclic amines) is 1. The van der Waals surface area contributed by atoms with E-state index in [-0.39, 0.29) is 5.92 Å². The lowest BCUT2D eigenvalue weighted by atomic mass is 10.1. The third kappa shape index (κ3) is 3.08. The molecule has 0 aliphatic carbocycles. The number of nitrogens with zero attached hydrogens (tertiary/aromatic N) is 1. The smallest absolute Gasteiger partial charge is 0.381 e. The number of rotatable bonds is 1. The first kappa shape index (κ1) is 10.1. The second kappa shape index (κ2) is 4.29. The zero-order valence-electron chi connectivity index (χ0n) is 8.08. The maximum Gasteiger partial charge on any atom is 0.381 e. The summed E-state index contributed by atoms with van der Waals surface area (Å²) >= 11 is 0. The van der Waals surface area contributed by atoms with Gasteiger partial charge in [0.2, 0.25) is 0 Å². The molecule has 3 nitrogen and oxygen atoms in total. The minimum Gasteiger partial charge on any atom is -0.472 e. The van der Waals surface area contributed by atoms with Crippen LogP contribution in [0.1, 0.15) is 20.3 Å². The van der Waals surface area contributed by atoms with Crippen molar-refractivity contribution in [1.29, 1.82) is 0 Å². The van der Waals surface area contributed by atoms with Crippen molar-refractivity contribution in [3.63, 3.8) is 0 Å². The lowest BCUT2D eigenvalue weighted by Crippen LogP contribution is -2.28. The number of carboxylic acid groups (broad SMARTS) is 1. The fourth-order valence-electron chi connectivity index (χ4n) is 1.54. The summed E-state index contributed by atoms with van der Waals surface area (Å²) in [5.41, 5.74) is 0. The third-order valence-corrected chi connectivity index (χ3v) is 2.33. The molecule has 0 saturated carbocycles. The highest BCUT2D eigenvalue weighted by Crippen LogP contribution is 2.17. The Balaban J connectivity index is 2.43. The SMILES string of the molecule is CC(C)N1CCC(C#CC(=O)O)C1. The van der Waals surface area contributed by atoms with E-state index < -0.39 is 5.97 Å². The summed E-state index contributed by atoms with van der Waals surface area (Å²) in [7, 11) is 0. The zero-order chi connectivity index (χ0) is 9.84. The van der Waals surface area contributed by atoms with Gasteiger partial charge < -0.3 is 5.11 Å². The molecule has 0 aromatic carbocycles. The van der Waals surface area contributed by atoms with Crippen LogP contribution in [0.15, 0.2) is 0 Å². The van der Waals surface area contributed by atoms with Crippen LogP contribution >= 0.6 is 0 Å². The van der Waals surface area contributed by atoms with Crippen LogP contribution in [0.5, 0.6) is 0 Å². The molecule has 0 aromatic heterocycles. The van der Waals surface area contributed by atoms with E-state index in [1.807, 2.05) is 0 Å². The molecule has 0 bridgehead atoms. The highest BCUT2D eigenvalue weighted by atomic mass is 16.4. The minimum atomic E-state index is -1.03. The molecule has 0 amide bonds. The highest BCUT2D eigenvalue weighted by molar-refractivity contribution is 5.86. The molecule has 1 atom stereocenters. The van der Waals surface area contributed by atoms with Crippen LogP contribution in [-0.4, -0.2) is 35.1 Å². The number of hydrogen-bond donors (Lipinski definition) is 1. The predicted molar refractivity (Wildman–Crippen MR) is 50.2 cm³/mol. The molecule has 1 N–H and O–H groups in total. The number of carboxylic acids is 1. The summed E-state index contributed by atoms with van der Waals surface area (Å²) in [5, 5.41) is 8.36. The molecule has 1 heterocycles. The van der Waals surface area contributed by atoms with Crippen LogP contribution in [0.25, 0.3) is 0 Å². The molecule has 0 spiro atoms. The Morgan fingerprint density at radius 1 is 1.62 bits per heavy atom. The number of carbonyl (C=O) groups is 1. The Labute approximate surface area is 78.7 Å². The van der Waals surface area contributed by atoms with Gasteiger partial charge >= 0.3 is 5.97 Å². The first-order valence-corrected chi connectivity index (χ1v) is 4.58. The second-order valence-corrected chi connectivity index (χ2v) is 3.65. The Bertz CT molecular complexity index is 249. The summed E-state index contributed by atoms with van der Waals surface area (Å²) < 4.78 is 0. The second-order valence-electron chi connectivity index (χ2n) is 3.65. The molecule has 1 rings (SSSR count). The summed E-state index contributed by atoms with van der Waals surface area (Å²) in [6, 6.07) is 0.539. The maximum atomic E-state index is 10.2. The molecule has 1 unspecified atom stereocenters. The van der Waals surface area contributed by atoms with Gasteiger partial charge in [-0.15, -0.1) is 0 Å². The third-order valence-electron chi connectivity index (χ3n) is 2.33. The van der Waals surface area contributed by atoms with Gasteiger partial charge in [-0.25, -0.2) is 4.79 Å². The summed E-state index contributed by atoms with van der Waals surface area (Å²) in [6.07, 6.45) is 0.998. The Hall–Kier alpha value is -1.01. The molecule has 1 fully saturated rings. The van der Waals surface area contributed by atoms with Gasteiger partial charge in [-0.3, -0.25) is 4.90 Å². The van der Waals surface area contributed by atoms with Gasteiger partial charge in [0.05, 0.1) is 0 Å². The van der Waals surface area contributed by atoms with E-state index in [0.717, 1.165) is 19.5 Å². The van der Waals surface area contributed by atoms with E-state index in [1.165, 1.54) is 0 Å². The van der Waals surface area contributed by atoms with Crippen LogP contribution in [0.2, 0.25) is 0 Å². The van der Waals surface area contributed by atoms with Gasteiger partial charge in [-0.05, 0) is 26.8 Å². The maximum absolute atomic E-state index is 10.2. The van der Waals surface area contributed by atoms with Crippen molar-refractivity contribution in [2.24, 2.45) is 5.92 Å². The van der Waals surface area contributed by atoms with Crippen molar-refractivity contribution >= 4 is 5.97 Å². The van der Waals surface area contributed by atoms with Gasteiger partial charge in [0, 0.05) is 24.4 Å². The standard InChI is InChI=1S/C10H15NO2/c1-8(2)11-6-5-9(7-11)3-4-10(12)13/h8-9H,5-7H2,1-2H3,(H,12,13). The van der Waals surface area contributed by atoms with Crippen molar-refractivity contribution < 1.29 is 9.90 Å². The molecule has 13 heavy (non-hydrogen) atoms. The van der Waals surface area contributed by atoms with Crippen LogP contribution in [0.4, 0.5) is 0 Å². The van der Waals surface area contributed by atoms with Crippen LogP contribution in [0, 0.1) is 17.8 Å². The normalized spacial score (nSPS) is 22.8. The van der Waals surface area contributed by atoms with E-state index in [2.05, 4.69) is 30.6 Å². The van der Waals surface area contributed by atoms with E-state index in [1.54, 1.807) is 0 Å². The molecule has 0 radical (unpaired) electrons. The molecule has 1 aliphatic rings. The average Bonchev–Trinajstić information content (AvgIpc) is 2.48. The van der Waals surface area contributed by atoms with Crippen molar-refractivity contribution in [3.8, 4) is 11.8 Å². The minimum absolute atomic E-state index is 0.249. The average molecular weight is 181 g/mol. The fraction of sp³-hybridized carbons (Fsp3) is 0.700. The topological polar surface area (TPSA) is 40.5 Å². The quantitative estimate of drug-likeness (QED) is 0.608. The van der Waals surface area contributed by atoms with Crippen LogP contribution in [0.3, 0.4) is 0 Å². The van der Waals surface area contributed by atoms with Gasteiger partial charge in [-0.1, -0.05) is 5.92 Å². The lowest BCUT2D eigenvalue weighted by molar-refractivity contribution is -0.130. The van der Waals surface area contributed by atoms with Crippen molar-refractivity contribution in [1.82, 2.24) is 4.90 Å². The van der Waals surface area contributed by atoms with Crippen molar-refractivity contribution in [2.75, 3.05) is 13.1 Å². The van der Waals surface area contributed by atoms with Gasteiger partial charge in [0.15, 0.2) is 0 Å². The first-order valence-electron chi connectivity index (χ1n) is 4.58. The zero-order valence-corrected chi connectivity index (χ0v) is 8.08. The highest BCUT2D eigenvalue weighted by Gasteiger charge is 2.22. The van der Waals surface area contributed by atoms with Gasteiger partial charge in [0.25, 0.3) is 0 Å². The number of aliphatic carboxylic acids is 1. The Kier molecular flexibility index (Phi) is 3.32. The summed E-state index contributed by atoms with van der Waals surface area (Å²) in [4.78, 5) is 12.5. The molecular weight excluding hydrogens is 166 g/mol.